The Bertz CT molecular complexity index is 611. The summed E-state index contributed by atoms with van der Waals surface area (Å²) in [6, 6.07) is 7.19. The van der Waals surface area contributed by atoms with E-state index < -0.39 is 15.8 Å². The van der Waals surface area contributed by atoms with E-state index in [0.29, 0.717) is 17.3 Å². The van der Waals surface area contributed by atoms with Gasteiger partial charge in [-0.05, 0) is 43.0 Å². The van der Waals surface area contributed by atoms with Gasteiger partial charge < -0.3 is 14.7 Å². The Morgan fingerprint density at radius 3 is 2.59 bits per heavy atom. The number of aliphatic carboxylic acids is 1. The second-order valence-electron chi connectivity index (χ2n) is 5.66. The van der Waals surface area contributed by atoms with E-state index in [0.717, 1.165) is 25.1 Å². The van der Waals surface area contributed by atoms with Crippen LogP contribution in [0, 0.1) is 5.92 Å². The summed E-state index contributed by atoms with van der Waals surface area (Å²) in [6.45, 7) is 0.431. The Hall–Kier alpha value is -1.76. The Morgan fingerprint density at radius 2 is 2.05 bits per heavy atom. The minimum atomic E-state index is -2.81. The summed E-state index contributed by atoms with van der Waals surface area (Å²) >= 11 is 0. The smallest absolute Gasteiger partial charge is 0.341 e. The summed E-state index contributed by atoms with van der Waals surface area (Å²) in [5.41, 5.74) is 0.989. The van der Waals surface area contributed by atoms with Crippen molar-refractivity contribution in [1.29, 1.82) is 0 Å². The molecular weight excluding hydrogens is 306 g/mol. The largest absolute Gasteiger partial charge is 0.482 e. The maximum atomic E-state index is 11.4. The molecule has 22 heavy (non-hydrogen) atoms. The molecular formula is C15H21NO5S. The number of carbonyl (C=O) groups is 1. The molecule has 0 bridgehead atoms. The SMILES string of the molecule is CN(CCC1CCS(=O)(=O)C1)c1ccc(OCC(=O)O)cc1. The molecule has 0 amide bonds. The number of carboxylic acids is 1. The third-order valence-electron chi connectivity index (χ3n) is 3.84. The molecule has 1 aromatic rings. The topological polar surface area (TPSA) is 83.9 Å². The van der Waals surface area contributed by atoms with Gasteiger partial charge in [0, 0.05) is 19.3 Å². The average molecular weight is 327 g/mol. The van der Waals surface area contributed by atoms with Gasteiger partial charge in [0.15, 0.2) is 16.4 Å². The first-order valence-corrected chi connectivity index (χ1v) is 9.04. The fourth-order valence-corrected chi connectivity index (χ4v) is 4.46. The molecule has 0 spiro atoms. The van der Waals surface area contributed by atoms with Crippen LogP contribution in [0.5, 0.6) is 5.75 Å². The molecule has 0 saturated carbocycles. The zero-order valence-electron chi connectivity index (χ0n) is 12.6. The molecule has 1 unspecified atom stereocenters. The van der Waals surface area contributed by atoms with Crippen LogP contribution >= 0.6 is 0 Å². The van der Waals surface area contributed by atoms with Gasteiger partial charge in [-0.15, -0.1) is 0 Å². The fourth-order valence-electron chi connectivity index (χ4n) is 2.55. The van der Waals surface area contributed by atoms with Crippen LogP contribution in [0.25, 0.3) is 0 Å². The molecule has 2 rings (SSSR count). The van der Waals surface area contributed by atoms with Crippen molar-refractivity contribution in [3.63, 3.8) is 0 Å². The Morgan fingerprint density at radius 1 is 1.36 bits per heavy atom. The highest BCUT2D eigenvalue weighted by molar-refractivity contribution is 7.91. The van der Waals surface area contributed by atoms with E-state index in [1.807, 2.05) is 19.2 Å². The van der Waals surface area contributed by atoms with E-state index in [9.17, 15) is 13.2 Å². The van der Waals surface area contributed by atoms with E-state index >= 15 is 0 Å². The summed E-state index contributed by atoms with van der Waals surface area (Å²) in [5, 5.41) is 8.55. The minimum absolute atomic E-state index is 0.255. The number of hydrogen-bond acceptors (Lipinski definition) is 5. The van der Waals surface area contributed by atoms with Gasteiger partial charge in [-0.25, -0.2) is 13.2 Å². The number of nitrogens with zero attached hydrogens (tertiary/aromatic N) is 1. The van der Waals surface area contributed by atoms with Crippen LogP contribution in [0.15, 0.2) is 24.3 Å². The predicted octanol–water partition coefficient (Wildman–Crippen LogP) is 1.41. The van der Waals surface area contributed by atoms with E-state index in [1.165, 1.54) is 0 Å². The first-order chi connectivity index (χ1) is 10.4. The highest BCUT2D eigenvalue weighted by Crippen LogP contribution is 2.24. The van der Waals surface area contributed by atoms with Crippen LogP contribution in [0.3, 0.4) is 0 Å². The summed E-state index contributed by atoms with van der Waals surface area (Å²) in [4.78, 5) is 12.5. The van der Waals surface area contributed by atoms with Crippen molar-refractivity contribution in [2.45, 2.75) is 12.8 Å². The summed E-state index contributed by atoms with van der Waals surface area (Å²) in [7, 11) is -0.855. The fraction of sp³-hybridized carbons (Fsp3) is 0.533. The van der Waals surface area contributed by atoms with Crippen molar-refractivity contribution in [3.05, 3.63) is 24.3 Å². The molecule has 1 aliphatic rings. The maximum absolute atomic E-state index is 11.4. The second kappa shape index (κ2) is 7.00. The number of ether oxygens (including phenoxy) is 1. The lowest BCUT2D eigenvalue weighted by Gasteiger charge is -2.21. The molecule has 1 atom stereocenters. The molecule has 122 valence electrons. The lowest BCUT2D eigenvalue weighted by molar-refractivity contribution is -0.139. The summed E-state index contributed by atoms with van der Waals surface area (Å²) in [6.07, 6.45) is 1.62. The van der Waals surface area contributed by atoms with Gasteiger partial charge in [-0.1, -0.05) is 0 Å². The monoisotopic (exact) mass is 327 g/mol. The number of rotatable bonds is 7. The molecule has 1 heterocycles. The van der Waals surface area contributed by atoms with Crippen LogP contribution in [-0.4, -0.2) is 51.2 Å². The van der Waals surface area contributed by atoms with Crippen molar-refractivity contribution >= 4 is 21.5 Å². The number of anilines is 1. The minimum Gasteiger partial charge on any atom is -0.482 e. The Kier molecular flexibility index (Phi) is 5.28. The van der Waals surface area contributed by atoms with Crippen LogP contribution < -0.4 is 9.64 Å². The van der Waals surface area contributed by atoms with Gasteiger partial charge in [0.1, 0.15) is 5.75 Å². The van der Waals surface area contributed by atoms with Crippen LogP contribution in [0.1, 0.15) is 12.8 Å². The van der Waals surface area contributed by atoms with Gasteiger partial charge in [-0.3, -0.25) is 0 Å². The lowest BCUT2D eigenvalue weighted by Crippen LogP contribution is -2.21. The van der Waals surface area contributed by atoms with E-state index in [1.54, 1.807) is 12.1 Å². The molecule has 1 aliphatic heterocycles. The van der Waals surface area contributed by atoms with Gasteiger partial charge >= 0.3 is 5.97 Å². The molecule has 1 N–H and O–H groups in total. The lowest BCUT2D eigenvalue weighted by atomic mass is 10.1. The Balaban J connectivity index is 1.82. The molecule has 0 radical (unpaired) electrons. The standard InChI is InChI=1S/C15H21NO5S/c1-16(8-6-12-7-9-22(19,20)11-12)13-2-4-14(5-3-13)21-10-15(17)18/h2-5,12H,6-11H2,1H3,(H,17,18). The second-order valence-corrected chi connectivity index (χ2v) is 7.88. The first kappa shape index (κ1) is 16.6. The van der Waals surface area contributed by atoms with Gasteiger partial charge in [0.25, 0.3) is 0 Å². The maximum Gasteiger partial charge on any atom is 0.341 e. The summed E-state index contributed by atoms with van der Waals surface area (Å²) in [5.74, 6) is 0.388. The molecule has 0 aliphatic carbocycles. The van der Waals surface area contributed by atoms with Crippen molar-refractivity contribution in [2.24, 2.45) is 5.92 Å². The number of hydrogen-bond donors (Lipinski definition) is 1. The Labute approximate surface area is 130 Å². The molecule has 1 aromatic carbocycles. The van der Waals surface area contributed by atoms with Crippen molar-refractivity contribution < 1.29 is 23.1 Å². The molecule has 1 fully saturated rings. The first-order valence-electron chi connectivity index (χ1n) is 7.22. The molecule has 0 aromatic heterocycles. The highest BCUT2D eigenvalue weighted by Gasteiger charge is 2.27. The third kappa shape index (κ3) is 4.91. The number of benzene rings is 1. The van der Waals surface area contributed by atoms with Gasteiger partial charge in [-0.2, -0.15) is 0 Å². The van der Waals surface area contributed by atoms with Crippen molar-refractivity contribution in [1.82, 2.24) is 0 Å². The normalized spacial score (nSPS) is 19.8. The van der Waals surface area contributed by atoms with Crippen molar-refractivity contribution in [3.8, 4) is 5.75 Å². The number of sulfone groups is 1. The average Bonchev–Trinajstić information content (AvgIpc) is 2.82. The molecule has 7 heteroatoms. The molecule has 6 nitrogen and oxygen atoms in total. The van der Waals surface area contributed by atoms with E-state index in [-0.39, 0.29) is 12.5 Å². The van der Waals surface area contributed by atoms with E-state index in [2.05, 4.69) is 4.90 Å². The van der Waals surface area contributed by atoms with Gasteiger partial charge in [0.05, 0.1) is 11.5 Å². The van der Waals surface area contributed by atoms with Crippen LogP contribution in [0.4, 0.5) is 5.69 Å². The van der Waals surface area contributed by atoms with Gasteiger partial charge in [0.2, 0.25) is 0 Å². The third-order valence-corrected chi connectivity index (χ3v) is 5.68. The highest BCUT2D eigenvalue weighted by atomic mass is 32.2. The van der Waals surface area contributed by atoms with E-state index in [4.69, 9.17) is 9.84 Å². The zero-order valence-corrected chi connectivity index (χ0v) is 13.4. The quantitative estimate of drug-likeness (QED) is 0.815. The van der Waals surface area contributed by atoms with Crippen molar-refractivity contribution in [2.75, 3.05) is 36.6 Å². The zero-order chi connectivity index (χ0) is 16.2. The number of carboxylic acid groups (broad SMARTS) is 1. The van der Waals surface area contributed by atoms with Crippen LogP contribution in [-0.2, 0) is 14.6 Å². The van der Waals surface area contributed by atoms with Crippen LogP contribution in [0.2, 0.25) is 0 Å². The predicted molar refractivity (Wildman–Crippen MR) is 84.2 cm³/mol. The molecule has 1 saturated heterocycles. The summed E-state index contributed by atoms with van der Waals surface area (Å²) < 4.78 is 27.9.